The highest BCUT2D eigenvalue weighted by Gasteiger charge is 2.07. The summed E-state index contributed by atoms with van der Waals surface area (Å²) >= 11 is 0. The van der Waals surface area contributed by atoms with Gasteiger partial charge in [-0.3, -0.25) is 19.1 Å². The molecule has 3 aromatic rings. The van der Waals surface area contributed by atoms with Crippen LogP contribution in [0.2, 0.25) is 0 Å². The number of aromatic amines is 1. The van der Waals surface area contributed by atoms with Crippen molar-refractivity contribution in [2.75, 3.05) is 0 Å². The lowest BCUT2D eigenvalue weighted by molar-refractivity contribution is 0.305. The first-order valence-corrected chi connectivity index (χ1v) is 7.02. The quantitative estimate of drug-likeness (QED) is 0.747. The van der Waals surface area contributed by atoms with Crippen LogP contribution in [0.5, 0.6) is 5.75 Å². The lowest BCUT2D eigenvalue weighted by Crippen LogP contribution is -2.24. The normalized spacial score (nSPS) is 10.6. The molecule has 0 spiro atoms. The van der Waals surface area contributed by atoms with Gasteiger partial charge in [-0.05, 0) is 35.9 Å². The van der Waals surface area contributed by atoms with Crippen molar-refractivity contribution >= 4 is 0 Å². The summed E-state index contributed by atoms with van der Waals surface area (Å²) < 4.78 is 32.3. The van der Waals surface area contributed by atoms with Crippen molar-refractivity contribution in [1.82, 2.24) is 9.55 Å². The second kappa shape index (κ2) is 6.49. The molecule has 0 aliphatic heterocycles. The molecule has 2 aromatic heterocycles. The molecule has 2 heterocycles. The van der Waals surface area contributed by atoms with Gasteiger partial charge in [-0.25, -0.2) is 4.39 Å². The standard InChI is InChI=1S/C17H12F2N2O3/c18-12-3-1-11(2-4-12)10-24-13-7-8-21(16(22)9-13)14-5-6-15(19)20-17(14)23/h1-9H,10H2,(H,20,23). The Labute approximate surface area is 134 Å². The number of pyridine rings is 2. The smallest absolute Gasteiger partial charge is 0.274 e. The SMILES string of the molecule is O=c1[nH]c(F)ccc1-n1ccc(OCc2ccc(F)cc2)cc1=O. The number of benzene rings is 1. The average Bonchev–Trinajstić information content (AvgIpc) is 2.55. The fourth-order valence-corrected chi connectivity index (χ4v) is 2.13. The molecule has 1 N–H and O–H groups in total. The van der Waals surface area contributed by atoms with Crippen LogP contribution in [0.3, 0.4) is 0 Å². The van der Waals surface area contributed by atoms with E-state index in [0.717, 1.165) is 16.2 Å². The number of hydrogen-bond acceptors (Lipinski definition) is 3. The third-order valence-corrected chi connectivity index (χ3v) is 3.32. The minimum absolute atomic E-state index is 0.00600. The third-order valence-electron chi connectivity index (χ3n) is 3.32. The summed E-state index contributed by atoms with van der Waals surface area (Å²) in [5.41, 5.74) is -0.456. The van der Waals surface area contributed by atoms with Gasteiger partial charge in [-0.15, -0.1) is 0 Å². The molecule has 1 aromatic carbocycles. The second-order valence-electron chi connectivity index (χ2n) is 5.01. The van der Waals surface area contributed by atoms with Gasteiger partial charge in [0.15, 0.2) is 5.95 Å². The summed E-state index contributed by atoms with van der Waals surface area (Å²) in [6.07, 6.45) is 1.37. The lowest BCUT2D eigenvalue weighted by atomic mass is 10.2. The molecular weight excluding hydrogens is 318 g/mol. The number of H-pyrrole nitrogens is 1. The van der Waals surface area contributed by atoms with Gasteiger partial charge in [0.1, 0.15) is 23.9 Å². The van der Waals surface area contributed by atoms with Crippen molar-refractivity contribution in [1.29, 1.82) is 0 Å². The number of nitrogens with one attached hydrogen (secondary N) is 1. The lowest BCUT2D eigenvalue weighted by Gasteiger charge is -2.08. The van der Waals surface area contributed by atoms with Crippen LogP contribution in [-0.4, -0.2) is 9.55 Å². The zero-order valence-corrected chi connectivity index (χ0v) is 12.3. The maximum absolute atomic E-state index is 12.9. The van der Waals surface area contributed by atoms with Gasteiger partial charge >= 0.3 is 0 Å². The van der Waals surface area contributed by atoms with Crippen LogP contribution in [-0.2, 0) is 6.61 Å². The molecule has 0 aliphatic rings. The van der Waals surface area contributed by atoms with Crippen molar-refractivity contribution in [3.8, 4) is 11.4 Å². The van der Waals surface area contributed by atoms with Crippen LogP contribution in [0.25, 0.3) is 5.69 Å². The zero-order chi connectivity index (χ0) is 17.1. The Morgan fingerprint density at radius 2 is 1.75 bits per heavy atom. The Hall–Kier alpha value is -3.22. The van der Waals surface area contributed by atoms with Gasteiger partial charge in [-0.2, -0.15) is 4.39 Å². The minimum atomic E-state index is -0.781. The van der Waals surface area contributed by atoms with E-state index >= 15 is 0 Å². The first-order chi connectivity index (χ1) is 11.5. The monoisotopic (exact) mass is 330 g/mol. The van der Waals surface area contributed by atoms with E-state index in [1.807, 2.05) is 4.98 Å². The Balaban J connectivity index is 1.81. The van der Waals surface area contributed by atoms with Gasteiger partial charge in [0.05, 0.1) is 0 Å². The van der Waals surface area contributed by atoms with E-state index in [4.69, 9.17) is 4.74 Å². The molecule has 0 radical (unpaired) electrons. The predicted molar refractivity (Wildman–Crippen MR) is 83.3 cm³/mol. The maximum Gasteiger partial charge on any atom is 0.274 e. The van der Waals surface area contributed by atoms with Gasteiger partial charge in [0, 0.05) is 12.3 Å². The number of halogens is 2. The van der Waals surface area contributed by atoms with Crippen LogP contribution < -0.4 is 15.9 Å². The fourth-order valence-electron chi connectivity index (χ4n) is 2.13. The highest BCUT2D eigenvalue weighted by atomic mass is 19.1. The topological polar surface area (TPSA) is 64.1 Å². The Morgan fingerprint density at radius 1 is 1.00 bits per heavy atom. The molecule has 5 nitrogen and oxygen atoms in total. The molecule has 0 amide bonds. The van der Waals surface area contributed by atoms with E-state index in [-0.39, 0.29) is 18.1 Å². The highest BCUT2D eigenvalue weighted by Crippen LogP contribution is 2.11. The Morgan fingerprint density at radius 3 is 2.42 bits per heavy atom. The zero-order valence-electron chi connectivity index (χ0n) is 12.3. The van der Waals surface area contributed by atoms with Crippen molar-refractivity contribution in [2.45, 2.75) is 6.61 Å². The van der Waals surface area contributed by atoms with E-state index < -0.39 is 17.1 Å². The number of nitrogens with zero attached hydrogens (tertiary/aromatic N) is 1. The molecule has 0 bridgehead atoms. The summed E-state index contributed by atoms with van der Waals surface area (Å²) in [5, 5.41) is 0. The van der Waals surface area contributed by atoms with Crippen molar-refractivity contribution in [2.24, 2.45) is 0 Å². The van der Waals surface area contributed by atoms with E-state index in [0.29, 0.717) is 5.75 Å². The third kappa shape index (κ3) is 3.40. The number of ether oxygens (including phenoxy) is 1. The number of hydrogen-bond donors (Lipinski definition) is 1. The van der Waals surface area contributed by atoms with E-state index in [9.17, 15) is 18.4 Å². The van der Waals surface area contributed by atoms with Crippen molar-refractivity contribution in [3.63, 3.8) is 0 Å². The molecule has 0 atom stereocenters. The summed E-state index contributed by atoms with van der Waals surface area (Å²) in [6, 6.07) is 10.8. The van der Waals surface area contributed by atoms with Crippen LogP contribution in [0.4, 0.5) is 8.78 Å². The molecule has 0 saturated carbocycles. The van der Waals surface area contributed by atoms with Crippen LogP contribution in [0, 0.1) is 11.8 Å². The van der Waals surface area contributed by atoms with Crippen molar-refractivity contribution in [3.05, 3.63) is 92.8 Å². The fraction of sp³-hybridized carbons (Fsp3) is 0.0588. The molecule has 0 unspecified atom stereocenters. The summed E-state index contributed by atoms with van der Waals surface area (Å²) in [5.74, 6) is -0.818. The van der Waals surface area contributed by atoms with Gasteiger partial charge in [0.25, 0.3) is 11.1 Å². The first-order valence-electron chi connectivity index (χ1n) is 7.02. The maximum atomic E-state index is 12.9. The largest absolute Gasteiger partial charge is 0.489 e. The second-order valence-corrected chi connectivity index (χ2v) is 5.01. The predicted octanol–water partition coefficient (Wildman–Crippen LogP) is 2.38. The van der Waals surface area contributed by atoms with Crippen LogP contribution in [0.15, 0.2) is 64.3 Å². The molecule has 0 aliphatic carbocycles. The molecule has 3 rings (SSSR count). The molecule has 0 saturated heterocycles. The molecule has 0 fully saturated rings. The summed E-state index contributed by atoms with van der Waals surface area (Å²) in [7, 11) is 0. The van der Waals surface area contributed by atoms with Gasteiger partial charge in [0.2, 0.25) is 0 Å². The molecular formula is C17H12F2N2O3. The summed E-state index contributed by atoms with van der Waals surface area (Å²) in [4.78, 5) is 25.8. The van der Waals surface area contributed by atoms with E-state index in [1.165, 1.54) is 36.5 Å². The Kier molecular flexibility index (Phi) is 4.24. The number of aromatic nitrogens is 2. The van der Waals surface area contributed by atoms with E-state index in [2.05, 4.69) is 0 Å². The number of rotatable bonds is 4. The minimum Gasteiger partial charge on any atom is -0.489 e. The van der Waals surface area contributed by atoms with Crippen molar-refractivity contribution < 1.29 is 13.5 Å². The Bertz CT molecular complexity index is 978. The average molecular weight is 330 g/mol. The van der Waals surface area contributed by atoms with Gasteiger partial charge < -0.3 is 4.74 Å². The summed E-state index contributed by atoms with van der Waals surface area (Å²) in [6.45, 7) is 0.168. The van der Waals surface area contributed by atoms with Gasteiger partial charge in [-0.1, -0.05) is 12.1 Å². The van der Waals surface area contributed by atoms with E-state index in [1.54, 1.807) is 12.1 Å². The molecule has 7 heteroatoms. The van der Waals surface area contributed by atoms with Crippen LogP contribution in [0.1, 0.15) is 5.56 Å². The first kappa shape index (κ1) is 15.7. The molecule has 122 valence electrons. The highest BCUT2D eigenvalue weighted by molar-refractivity contribution is 5.31. The van der Waals surface area contributed by atoms with Crippen LogP contribution >= 0.6 is 0 Å². The molecule has 24 heavy (non-hydrogen) atoms.